The molecule has 10 heteroatoms. The van der Waals surface area contributed by atoms with Crippen LogP contribution in [0.2, 0.25) is 0 Å². The molecule has 1 fully saturated rings. The quantitative estimate of drug-likeness (QED) is 0.378. The molecule has 1 saturated heterocycles. The van der Waals surface area contributed by atoms with Crippen LogP contribution in [0.5, 0.6) is 5.75 Å². The normalized spacial score (nSPS) is 14.7. The fraction of sp³-hybridized carbons (Fsp3) is 0.292. The van der Waals surface area contributed by atoms with E-state index in [1.165, 1.54) is 17.4 Å². The zero-order valence-corrected chi connectivity index (χ0v) is 19.7. The van der Waals surface area contributed by atoms with Gasteiger partial charge in [-0.25, -0.2) is 4.68 Å². The number of carbonyl (C=O) groups is 1. The van der Waals surface area contributed by atoms with E-state index in [1.807, 2.05) is 17.5 Å². The lowest BCUT2D eigenvalue weighted by molar-refractivity contribution is 0.0997. The fourth-order valence-corrected chi connectivity index (χ4v) is 4.42. The first-order valence-corrected chi connectivity index (χ1v) is 11.7. The average molecular weight is 482 g/mol. The van der Waals surface area contributed by atoms with Crippen LogP contribution in [0.4, 0.5) is 5.69 Å². The Morgan fingerprint density at radius 2 is 2.00 bits per heavy atom. The Balaban J connectivity index is 1.66. The number of carbonyl (C=O) groups excluding carboxylic acids is 1. The third-order valence-electron chi connectivity index (χ3n) is 5.38. The minimum Gasteiger partial charge on any atom is -0.507 e. The standard InChI is InChI=1S/C24H27N5O4S/c1-32-11-8-26-24-29(21(16-34-24)18-4-7-22(30)20(14-18)23(25)31)27-15-17-2-5-19(6-3-17)28-9-12-33-13-10-28/h2-7,14-16,30H,8-13H2,1H3,(H2,25,31)/b26-24?,27-15-. The van der Waals surface area contributed by atoms with E-state index in [0.717, 1.165) is 43.2 Å². The van der Waals surface area contributed by atoms with Crippen molar-refractivity contribution in [3.05, 3.63) is 63.8 Å². The molecule has 9 nitrogen and oxygen atoms in total. The summed E-state index contributed by atoms with van der Waals surface area (Å²) in [5, 5.41) is 16.6. The van der Waals surface area contributed by atoms with E-state index < -0.39 is 5.91 Å². The van der Waals surface area contributed by atoms with Gasteiger partial charge in [-0.2, -0.15) is 5.10 Å². The second kappa shape index (κ2) is 11.1. The zero-order chi connectivity index (χ0) is 23.9. The summed E-state index contributed by atoms with van der Waals surface area (Å²) in [5.41, 5.74) is 8.97. The molecule has 3 aromatic rings. The highest BCUT2D eigenvalue weighted by Gasteiger charge is 2.14. The fourth-order valence-electron chi connectivity index (χ4n) is 3.56. The Bertz CT molecular complexity index is 1230. The maximum atomic E-state index is 11.7. The second-order valence-electron chi connectivity index (χ2n) is 7.62. The van der Waals surface area contributed by atoms with Gasteiger partial charge in [-0.3, -0.25) is 9.79 Å². The molecule has 1 aliphatic rings. The van der Waals surface area contributed by atoms with Crippen molar-refractivity contribution in [1.82, 2.24) is 4.68 Å². The SMILES string of the molecule is COCCN=c1scc(-c2ccc(O)c(C(N)=O)c2)n1/N=C\c1ccc(N2CCOCC2)cc1. The molecular formula is C24H27N5O4S. The van der Waals surface area contributed by atoms with Crippen molar-refractivity contribution in [3.63, 3.8) is 0 Å². The van der Waals surface area contributed by atoms with Gasteiger partial charge in [0.25, 0.3) is 5.91 Å². The van der Waals surface area contributed by atoms with Crippen molar-refractivity contribution in [2.45, 2.75) is 0 Å². The molecule has 2 heterocycles. The second-order valence-corrected chi connectivity index (χ2v) is 8.46. The van der Waals surface area contributed by atoms with Gasteiger partial charge >= 0.3 is 0 Å². The van der Waals surface area contributed by atoms with E-state index >= 15 is 0 Å². The van der Waals surface area contributed by atoms with Gasteiger partial charge in [0, 0.05) is 36.8 Å². The molecule has 3 N–H and O–H groups in total. The van der Waals surface area contributed by atoms with E-state index in [9.17, 15) is 9.90 Å². The van der Waals surface area contributed by atoms with Crippen molar-refractivity contribution in [1.29, 1.82) is 0 Å². The highest BCUT2D eigenvalue weighted by molar-refractivity contribution is 7.07. The van der Waals surface area contributed by atoms with Gasteiger partial charge in [-0.05, 0) is 35.9 Å². The molecule has 4 rings (SSSR count). The van der Waals surface area contributed by atoms with Gasteiger partial charge in [0.1, 0.15) is 5.75 Å². The van der Waals surface area contributed by atoms with Crippen LogP contribution in [0.1, 0.15) is 15.9 Å². The Kier molecular flexibility index (Phi) is 7.73. The minimum absolute atomic E-state index is 0.0517. The van der Waals surface area contributed by atoms with Gasteiger partial charge in [0.15, 0.2) is 0 Å². The first-order chi connectivity index (χ1) is 16.6. The van der Waals surface area contributed by atoms with Gasteiger partial charge in [0.05, 0.1) is 43.8 Å². The number of benzene rings is 2. The van der Waals surface area contributed by atoms with Gasteiger partial charge in [-0.1, -0.05) is 12.1 Å². The summed E-state index contributed by atoms with van der Waals surface area (Å²) in [5.74, 6) is -0.859. The molecule has 34 heavy (non-hydrogen) atoms. The van der Waals surface area contributed by atoms with E-state index in [2.05, 4.69) is 27.1 Å². The number of primary amides is 1. The van der Waals surface area contributed by atoms with Gasteiger partial charge in [0.2, 0.25) is 4.80 Å². The molecule has 0 saturated carbocycles. The smallest absolute Gasteiger partial charge is 0.252 e. The summed E-state index contributed by atoms with van der Waals surface area (Å²) < 4.78 is 12.3. The number of morpholine rings is 1. The lowest BCUT2D eigenvalue weighted by Gasteiger charge is -2.28. The predicted octanol–water partition coefficient (Wildman–Crippen LogP) is 2.29. The van der Waals surface area contributed by atoms with Crippen LogP contribution in [-0.4, -0.2) is 68.5 Å². The minimum atomic E-state index is -0.699. The number of methoxy groups -OCH3 is 1. The van der Waals surface area contributed by atoms with Crippen molar-refractivity contribution >= 4 is 29.1 Å². The molecule has 0 atom stereocenters. The summed E-state index contributed by atoms with van der Waals surface area (Å²) >= 11 is 1.43. The van der Waals surface area contributed by atoms with E-state index in [4.69, 9.17) is 15.2 Å². The summed E-state index contributed by atoms with van der Waals surface area (Å²) in [4.78, 5) is 19.3. The number of aromatic nitrogens is 1. The Labute approximate surface area is 201 Å². The maximum absolute atomic E-state index is 11.7. The molecule has 1 aromatic heterocycles. The molecule has 0 spiro atoms. The zero-order valence-electron chi connectivity index (χ0n) is 18.9. The van der Waals surface area contributed by atoms with Crippen LogP contribution in [0.15, 0.2) is 57.9 Å². The number of anilines is 1. The van der Waals surface area contributed by atoms with Crippen molar-refractivity contribution in [2.75, 3.05) is 51.5 Å². The number of rotatable bonds is 8. The highest BCUT2D eigenvalue weighted by atomic mass is 32.1. The van der Waals surface area contributed by atoms with Crippen LogP contribution in [0, 0.1) is 0 Å². The number of phenols is 1. The number of hydrogen-bond donors (Lipinski definition) is 2. The molecule has 0 unspecified atom stereocenters. The van der Waals surface area contributed by atoms with Gasteiger partial charge in [-0.15, -0.1) is 11.3 Å². The van der Waals surface area contributed by atoms with Crippen molar-refractivity contribution in [2.24, 2.45) is 15.8 Å². The number of ether oxygens (including phenoxy) is 2. The number of amides is 1. The molecule has 178 valence electrons. The molecule has 0 bridgehead atoms. The monoisotopic (exact) mass is 481 g/mol. The average Bonchev–Trinajstić information content (AvgIpc) is 3.26. The highest BCUT2D eigenvalue weighted by Crippen LogP contribution is 2.26. The summed E-state index contributed by atoms with van der Waals surface area (Å²) in [6.45, 7) is 4.23. The van der Waals surface area contributed by atoms with E-state index in [1.54, 1.807) is 30.1 Å². The number of nitrogens with zero attached hydrogens (tertiary/aromatic N) is 4. The number of aromatic hydroxyl groups is 1. The van der Waals surface area contributed by atoms with Crippen molar-refractivity contribution < 1.29 is 19.4 Å². The molecule has 1 amide bonds. The first-order valence-electron chi connectivity index (χ1n) is 10.9. The summed E-state index contributed by atoms with van der Waals surface area (Å²) in [6.07, 6.45) is 1.77. The van der Waals surface area contributed by atoms with Crippen LogP contribution in [-0.2, 0) is 9.47 Å². The molecule has 0 aliphatic carbocycles. The molecular weight excluding hydrogens is 454 g/mol. The number of thiazole rings is 1. The largest absolute Gasteiger partial charge is 0.507 e. The molecule has 1 aliphatic heterocycles. The van der Waals surface area contributed by atoms with Crippen LogP contribution in [0.25, 0.3) is 11.3 Å². The van der Waals surface area contributed by atoms with Crippen molar-refractivity contribution in [3.8, 4) is 17.0 Å². The topological polar surface area (TPSA) is 115 Å². The maximum Gasteiger partial charge on any atom is 0.252 e. The number of hydrogen-bond acceptors (Lipinski definition) is 8. The first kappa shape index (κ1) is 23.7. The van der Waals surface area contributed by atoms with E-state index in [-0.39, 0.29) is 11.3 Å². The van der Waals surface area contributed by atoms with Crippen LogP contribution in [0.3, 0.4) is 0 Å². The predicted molar refractivity (Wildman–Crippen MR) is 133 cm³/mol. The Morgan fingerprint density at radius 3 is 2.71 bits per heavy atom. The van der Waals surface area contributed by atoms with E-state index in [0.29, 0.717) is 23.5 Å². The Morgan fingerprint density at radius 1 is 1.24 bits per heavy atom. The number of nitrogens with two attached hydrogens (primary N) is 1. The third kappa shape index (κ3) is 5.53. The molecule has 0 radical (unpaired) electrons. The molecule has 2 aromatic carbocycles. The van der Waals surface area contributed by atoms with Gasteiger partial charge < -0.3 is 25.2 Å². The lowest BCUT2D eigenvalue weighted by atomic mass is 10.1. The summed E-state index contributed by atoms with van der Waals surface area (Å²) in [7, 11) is 1.63. The van der Waals surface area contributed by atoms with Crippen LogP contribution >= 0.6 is 11.3 Å². The van der Waals surface area contributed by atoms with Crippen LogP contribution < -0.4 is 15.4 Å². The lowest BCUT2D eigenvalue weighted by Crippen LogP contribution is -2.36. The third-order valence-corrected chi connectivity index (χ3v) is 6.23. The summed E-state index contributed by atoms with van der Waals surface area (Å²) in [6, 6.07) is 12.9. The Hall–Kier alpha value is -3.47.